The van der Waals surface area contributed by atoms with Crippen molar-refractivity contribution >= 4 is 58.1 Å². The van der Waals surface area contributed by atoms with Crippen molar-refractivity contribution in [2.24, 2.45) is 12.1 Å². The molecule has 3 aromatic rings. The Morgan fingerprint density at radius 1 is 1.32 bits per heavy atom. The molecule has 9 heteroatoms. The number of hydrogen-bond donors (Lipinski definition) is 1. The third kappa shape index (κ3) is 4.79. The molecule has 0 saturated heterocycles. The lowest BCUT2D eigenvalue weighted by Crippen LogP contribution is -2.19. The lowest BCUT2D eigenvalue weighted by atomic mass is 10.2. The van der Waals surface area contributed by atoms with E-state index in [-0.39, 0.29) is 11.7 Å². The second-order valence-electron chi connectivity index (χ2n) is 5.77. The number of carbonyl (C=O) groups excluding carboxylic acids is 1. The summed E-state index contributed by atoms with van der Waals surface area (Å²) in [6.45, 7) is 2.31. The first-order valence-electron chi connectivity index (χ1n) is 8.47. The highest BCUT2D eigenvalue weighted by molar-refractivity contribution is 7.99. The topological polar surface area (TPSA) is 68.5 Å². The van der Waals surface area contributed by atoms with Gasteiger partial charge in [-0.1, -0.05) is 47.1 Å². The highest BCUT2D eigenvalue weighted by Crippen LogP contribution is 2.33. The van der Waals surface area contributed by atoms with E-state index in [9.17, 15) is 4.79 Å². The summed E-state index contributed by atoms with van der Waals surface area (Å²) < 4.78 is 7.34. The van der Waals surface area contributed by atoms with Gasteiger partial charge in [-0.2, -0.15) is 5.10 Å². The number of para-hydroxylation sites is 2. The Labute approximate surface area is 176 Å². The summed E-state index contributed by atoms with van der Waals surface area (Å²) in [6.07, 6.45) is 1.48. The van der Waals surface area contributed by atoms with E-state index in [1.54, 1.807) is 12.1 Å². The van der Waals surface area contributed by atoms with E-state index < -0.39 is 0 Å². The maximum absolute atomic E-state index is 12.1. The van der Waals surface area contributed by atoms with Crippen LogP contribution in [-0.4, -0.2) is 34.0 Å². The van der Waals surface area contributed by atoms with Crippen molar-refractivity contribution in [3.8, 4) is 5.75 Å². The fourth-order valence-corrected chi connectivity index (χ4v) is 3.92. The van der Waals surface area contributed by atoms with Crippen LogP contribution in [-0.2, 0) is 11.8 Å². The number of imidazole rings is 1. The SMILES string of the molecule is CCOc1c(Cl)cc(/C=N\NC(=O)CSc2nc3ccccc3n2C)cc1Cl. The van der Waals surface area contributed by atoms with Crippen LogP contribution in [0.15, 0.2) is 46.7 Å². The van der Waals surface area contributed by atoms with Crippen LogP contribution in [0.5, 0.6) is 5.75 Å². The molecule has 0 aliphatic heterocycles. The van der Waals surface area contributed by atoms with Crippen LogP contribution in [0, 0.1) is 0 Å². The van der Waals surface area contributed by atoms with Gasteiger partial charge < -0.3 is 9.30 Å². The van der Waals surface area contributed by atoms with E-state index >= 15 is 0 Å². The second-order valence-corrected chi connectivity index (χ2v) is 7.53. The number of nitrogens with zero attached hydrogens (tertiary/aromatic N) is 3. The van der Waals surface area contributed by atoms with Gasteiger partial charge in [0.25, 0.3) is 5.91 Å². The van der Waals surface area contributed by atoms with Crippen molar-refractivity contribution in [1.29, 1.82) is 0 Å². The zero-order valence-corrected chi connectivity index (χ0v) is 17.6. The van der Waals surface area contributed by atoms with Crippen LogP contribution in [0.3, 0.4) is 0 Å². The fourth-order valence-electron chi connectivity index (χ4n) is 2.53. The van der Waals surface area contributed by atoms with Crippen molar-refractivity contribution in [3.05, 3.63) is 52.0 Å². The number of ether oxygens (including phenoxy) is 1. The van der Waals surface area contributed by atoms with Crippen molar-refractivity contribution in [1.82, 2.24) is 15.0 Å². The normalized spacial score (nSPS) is 11.3. The lowest BCUT2D eigenvalue weighted by molar-refractivity contribution is -0.118. The van der Waals surface area contributed by atoms with Crippen LogP contribution >= 0.6 is 35.0 Å². The maximum atomic E-state index is 12.1. The highest BCUT2D eigenvalue weighted by atomic mass is 35.5. The molecule has 0 fully saturated rings. The van der Waals surface area contributed by atoms with Gasteiger partial charge >= 0.3 is 0 Å². The first kappa shape index (κ1) is 20.5. The molecule has 0 aliphatic rings. The molecule has 0 saturated carbocycles. The standard InChI is InChI=1S/C19H18Cl2N4O2S/c1-3-27-18-13(20)8-12(9-14(18)21)10-22-24-17(26)11-28-19-23-15-6-4-5-7-16(15)25(19)2/h4-10H,3,11H2,1-2H3,(H,24,26)/b22-10-. The summed E-state index contributed by atoms with van der Waals surface area (Å²) in [5.74, 6) is 0.390. The van der Waals surface area contributed by atoms with Crippen LogP contribution in [0.4, 0.5) is 0 Å². The number of fused-ring (bicyclic) bond motifs is 1. The third-order valence-electron chi connectivity index (χ3n) is 3.79. The van der Waals surface area contributed by atoms with Crippen LogP contribution < -0.4 is 10.2 Å². The van der Waals surface area contributed by atoms with Crippen molar-refractivity contribution in [2.75, 3.05) is 12.4 Å². The van der Waals surface area contributed by atoms with Crippen LogP contribution in [0.1, 0.15) is 12.5 Å². The molecule has 1 N–H and O–H groups in total. The molecule has 1 heterocycles. The minimum Gasteiger partial charge on any atom is -0.491 e. The number of thioether (sulfide) groups is 1. The average molecular weight is 437 g/mol. The van der Waals surface area contributed by atoms with Gasteiger partial charge in [-0.15, -0.1) is 0 Å². The largest absolute Gasteiger partial charge is 0.491 e. The van der Waals surface area contributed by atoms with E-state index in [0.29, 0.717) is 28.0 Å². The van der Waals surface area contributed by atoms with E-state index in [2.05, 4.69) is 15.5 Å². The quantitative estimate of drug-likeness (QED) is 0.335. The molecule has 0 unspecified atom stereocenters. The number of rotatable bonds is 7. The summed E-state index contributed by atoms with van der Waals surface area (Å²) in [7, 11) is 1.92. The number of amides is 1. The van der Waals surface area contributed by atoms with Gasteiger partial charge in [-0.05, 0) is 36.8 Å². The molecule has 2 aromatic carbocycles. The number of aryl methyl sites for hydroxylation is 1. The molecule has 0 atom stereocenters. The fraction of sp³-hybridized carbons (Fsp3) is 0.211. The molecule has 1 amide bonds. The molecule has 0 aliphatic carbocycles. The number of nitrogens with one attached hydrogen (secondary N) is 1. The van der Waals surface area contributed by atoms with E-state index in [1.165, 1.54) is 18.0 Å². The van der Waals surface area contributed by atoms with Gasteiger partial charge in [-0.25, -0.2) is 10.4 Å². The summed E-state index contributed by atoms with van der Waals surface area (Å²) in [6, 6.07) is 11.2. The summed E-state index contributed by atoms with van der Waals surface area (Å²) in [5.41, 5.74) is 5.06. The Balaban J connectivity index is 1.57. The molecule has 0 bridgehead atoms. The minimum absolute atomic E-state index is 0.194. The van der Waals surface area contributed by atoms with Gasteiger partial charge in [0.2, 0.25) is 0 Å². The molecule has 3 rings (SSSR count). The Bertz CT molecular complexity index is 1010. The number of carbonyl (C=O) groups is 1. The number of aromatic nitrogens is 2. The maximum Gasteiger partial charge on any atom is 0.250 e. The molecule has 146 valence electrons. The molecule has 1 aromatic heterocycles. The monoisotopic (exact) mass is 436 g/mol. The van der Waals surface area contributed by atoms with E-state index in [0.717, 1.165) is 16.2 Å². The Hall–Kier alpha value is -2.22. The molecule has 0 radical (unpaired) electrons. The molecular weight excluding hydrogens is 419 g/mol. The van der Waals surface area contributed by atoms with Crippen molar-refractivity contribution < 1.29 is 9.53 Å². The minimum atomic E-state index is -0.239. The number of benzene rings is 2. The van der Waals surface area contributed by atoms with E-state index in [1.807, 2.05) is 42.8 Å². The second kappa shape index (κ2) is 9.32. The summed E-state index contributed by atoms with van der Waals surface area (Å²) in [5, 5.41) is 5.50. The smallest absolute Gasteiger partial charge is 0.250 e. The lowest BCUT2D eigenvalue weighted by Gasteiger charge is -2.08. The number of hydrazone groups is 1. The van der Waals surface area contributed by atoms with E-state index in [4.69, 9.17) is 27.9 Å². The zero-order valence-electron chi connectivity index (χ0n) is 15.3. The molecule has 0 spiro atoms. The molecule has 28 heavy (non-hydrogen) atoms. The predicted octanol–water partition coefficient (Wildman–Crippen LogP) is 4.52. The van der Waals surface area contributed by atoms with Crippen LogP contribution in [0.2, 0.25) is 10.0 Å². The number of halogens is 2. The summed E-state index contributed by atoms with van der Waals surface area (Å²) >= 11 is 13.6. The van der Waals surface area contributed by atoms with Crippen LogP contribution in [0.25, 0.3) is 11.0 Å². The van der Waals surface area contributed by atoms with Gasteiger partial charge in [-0.3, -0.25) is 4.79 Å². The van der Waals surface area contributed by atoms with Gasteiger partial charge in [0, 0.05) is 7.05 Å². The van der Waals surface area contributed by atoms with Gasteiger partial charge in [0.05, 0.1) is 39.7 Å². The van der Waals surface area contributed by atoms with Gasteiger partial charge in [0.1, 0.15) is 0 Å². The zero-order chi connectivity index (χ0) is 20.1. The van der Waals surface area contributed by atoms with Gasteiger partial charge in [0.15, 0.2) is 10.9 Å². The summed E-state index contributed by atoms with van der Waals surface area (Å²) in [4.78, 5) is 16.6. The Kier molecular flexibility index (Phi) is 6.83. The first-order valence-corrected chi connectivity index (χ1v) is 10.2. The average Bonchev–Trinajstić information content (AvgIpc) is 2.99. The Morgan fingerprint density at radius 2 is 2.04 bits per heavy atom. The highest BCUT2D eigenvalue weighted by Gasteiger charge is 2.10. The van der Waals surface area contributed by atoms with Crippen molar-refractivity contribution in [3.63, 3.8) is 0 Å². The molecule has 6 nitrogen and oxygen atoms in total. The first-order chi connectivity index (χ1) is 13.5. The number of hydrogen-bond acceptors (Lipinski definition) is 5. The third-order valence-corrected chi connectivity index (χ3v) is 5.38. The van der Waals surface area contributed by atoms with Crippen molar-refractivity contribution in [2.45, 2.75) is 12.1 Å². The Morgan fingerprint density at radius 3 is 2.71 bits per heavy atom. The predicted molar refractivity (Wildman–Crippen MR) is 115 cm³/mol. The molecular formula is C19H18Cl2N4O2S.